The van der Waals surface area contributed by atoms with Crippen molar-refractivity contribution < 1.29 is 4.42 Å². The largest absolute Gasteiger partial charge is 0.456 e. The van der Waals surface area contributed by atoms with Gasteiger partial charge in [0, 0.05) is 33.6 Å². The first kappa shape index (κ1) is 17.3. The minimum atomic E-state index is 0.924. The summed E-state index contributed by atoms with van der Waals surface area (Å²) in [6.07, 6.45) is 0. The number of hydrogen-bond acceptors (Lipinski definition) is 2. The van der Waals surface area contributed by atoms with E-state index in [1.165, 1.54) is 5.56 Å². The molecule has 0 N–H and O–H groups in total. The van der Waals surface area contributed by atoms with Crippen LogP contribution in [0.1, 0.15) is 5.56 Å². The van der Waals surface area contributed by atoms with Crippen LogP contribution >= 0.6 is 0 Å². The number of rotatable bonds is 4. The zero-order chi connectivity index (χ0) is 19.6. The number of hydrogen-bond donors (Lipinski definition) is 0. The first-order valence-electron chi connectivity index (χ1n) is 9.80. The Morgan fingerprint density at radius 1 is 0.586 bits per heavy atom. The van der Waals surface area contributed by atoms with E-state index in [1.54, 1.807) is 0 Å². The molecule has 0 unspecified atom stereocenters. The maximum Gasteiger partial charge on any atom is 0.138 e. The van der Waals surface area contributed by atoms with Crippen LogP contribution in [0.15, 0.2) is 114 Å². The predicted molar refractivity (Wildman–Crippen MR) is 121 cm³/mol. The molecule has 5 aromatic rings. The summed E-state index contributed by atoms with van der Waals surface area (Å²) in [5.41, 5.74) is 6.51. The maximum atomic E-state index is 6.21. The van der Waals surface area contributed by atoms with Gasteiger partial charge in [-0.3, -0.25) is 0 Å². The average Bonchev–Trinajstić information content (AvgIpc) is 3.13. The van der Waals surface area contributed by atoms with E-state index in [2.05, 4.69) is 96.8 Å². The van der Waals surface area contributed by atoms with Gasteiger partial charge in [0.05, 0.1) is 0 Å². The highest BCUT2D eigenvalue weighted by Gasteiger charge is 2.16. The smallest absolute Gasteiger partial charge is 0.138 e. The molecule has 2 heteroatoms. The Labute approximate surface area is 170 Å². The topological polar surface area (TPSA) is 16.4 Å². The summed E-state index contributed by atoms with van der Waals surface area (Å²) in [4.78, 5) is 2.27. The highest BCUT2D eigenvalue weighted by Crippen LogP contribution is 2.38. The summed E-state index contributed by atoms with van der Waals surface area (Å²) in [7, 11) is 0. The van der Waals surface area contributed by atoms with Crippen LogP contribution in [-0.4, -0.2) is 0 Å². The van der Waals surface area contributed by atoms with Crippen molar-refractivity contribution in [3.05, 3.63) is 115 Å². The number of nitrogens with zero attached hydrogens (tertiary/aromatic N) is 1. The summed E-state index contributed by atoms with van der Waals surface area (Å²) in [5, 5.41) is 1.16. The summed E-state index contributed by atoms with van der Waals surface area (Å²) < 4.78 is 6.21. The first-order chi connectivity index (χ1) is 14.3. The van der Waals surface area contributed by atoms with Crippen molar-refractivity contribution >= 4 is 28.0 Å². The SMILES string of the molecule is Cc1c(-c2cccc(N(c3ccccc3)c3ccccc3)c2)oc2ccccc12. The van der Waals surface area contributed by atoms with Gasteiger partial charge < -0.3 is 9.32 Å². The minimum absolute atomic E-state index is 0.924. The van der Waals surface area contributed by atoms with E-state index < -0.39 is 0 Å². The molecule has 0 aliphatic carbocycles. The molecule has 140 valence electrons. The van der Waals surface area contributed by atoms with Crippen LogP contribution in [0.25, 0.3) is 22.3 Å². The van der Waals surface area contributed by atoms with Crippen molar-refractivity contribution in [1.29, 1.82) is 0 Å². The average molecular weight is 375 g/mol. The van der Waals surface area contributed by atoms with Crippen molar-refractivity contribution in [2.75, 3.05) is 4.90 Å². The monoisotopic (exact) mass is 375 g/mol. The van der Waals surface area contributed by atoms with Crippen molar-refractivity contribution in [2.45, 2.75) is 6.92 Å². The molecule has 2 nitrogen and oxygen atoms in total. The molecule has 1 heterocycles. The number of furan rings is 1. The number of para-hydroxylation sites is 3. The summed E-state index contributed by atoms with van der Waals surface area (Å²) in [6.45, 7) is 2.12. The molecular formula is C27H21NO. The molecule has 0 saturated carbocycles. The van der Waals surface area contributed by atoms with Gasteiger partial charge in [-0.25, -0.2) is 0 Å². The lowest BCUT2D eigenvalue weighted by Crippen LogP contribution is -2.09. The highest BCUT2D eigenvalue weighted by molar-refractivity contribution is 5.88. The fourth-order valence-corrected chi connectivity index (χ4v) is 3.84. The van der Waals surface area contributed by atoms with E-state index >= 15 is 0 Å². The number of fused-ring (bicyclic) bond motifs is 1. The van der Waals surface area contributed by atoms with E-state index in [0.717, 1.165) is 39.4 Å². The van der Waals surface area contributed by atoms with Crippen molar-refractivity contribution in [3.8, 4) is 11.3 Å². The zero-order valence-corrected chi connectivity index (χ0v) is 16.2. The molecule has 0 bridgehead atoms. The van der Waals surface area contributed by atoms with Crippen LogP contribution in [-0.2, 0) is 0 Å². The molecule has 29 heavy (non-hydrogen) atoms. The highest BCUT2D eigenvalue weighted by atomic mass is 16.3. The Balaban J connectivity index is 1.66. The molecule has 4 aromatic carbocycles. The van der Waals surface area contributed by atoms with Gasteiger partial charge in [0.25, 0.3) is 0 Å². The maximum absolute atomic E-state index is 6.21. The lowest BCUT2D eigenvalue weighted by Gasteiger charge is -2.25. The molecule has 5 rings (SSSR count). The molecule has 0 aliphatic rings. The van der Waals surface area contributed by atoms with E-state index in [0.29, 0.717) is 0 Å². The van der Waals surface area contributed by atoms with Crippen LogP contribution in [0.4, 0.5) is 17.1 Å². The molecule has 0 atom stereocenters. The van der Waals surface area contributed by atoms with E-state index in [4.69, 9.17) is 4.42 Å². The first-order valence-corrected chi connectivity index (χ1v) is 9.80. The van der Waals surface area contributed by atoms with E-state index in [-0.39, 0.29) is 0 Å². The van der Waals surface area contributed by atoms with Gasteiger partial charge in [0.2, 0.25) is 0 Å². The fourth-order valence-electron chi connectivity index (χ4n) is 3.84. The third kappa shape index (κ3) is 3.19. The summed E-state index contributed by atoms with van der Waals surface area (Å²) >= 11 is 0. The van der Waals surface area contributed by atoms with Crippen molar-refractivity contribution in [1.82, 2.24) is 0 Å². The number of benzene rings is 4. The Morgan fingerprint density at radius 2 is 1.17 bits per heavy atom. The molecule has 0 amide bonds. The van der Waals surface area contributed by atoms with Crippen LogP contribution in [0.3, 0.4) is 0 Å². The summed E-state index contributed by atoms with van der Waals surface area (Å²) in [5.74, 6) is 0.925. The van der Waals surface area contributed by atoms with Crippen LogP contribution in [0.2, 0.25) is 0 Å². The van der Waals surface area contributed by atoms with Gasteiger partial charge in [-0.1, -0.05) is 66.7 Å². The van der Waals surface area contributed by atoms with E-state index in [9.17, 15) is 0 Å². The zero-order valence-electron chi connectivity index (χ0n) is 16.2. The Bertz CT molecular complexity index is 1220. The lowest BCUT2D eigenvalue weighted by molar-refractivity contribution is 0.629. The minimum Gasteiger partial charge on any atom is -0.456 e. The van der Waals surface area contributed by atoms with Gasteiger partial charge in [0.1, 0.15) is 11.3 Å². The standard InChI is InChI=1S/C27H21NO/c1-20-25-17-8-9-18-26(25)29-27(20)21-11-10-16-24(19-21)28(22-12-4-2-5-13-22)23-14-6-3-7-15-23/h2-19H,1H3. The van der Waals surface area contributed by atoms with Gasteiger partial charge in [0.15, 0.2) is 0 Å². The fraction of sp³-hybridized carbons (Fsp3) is 0.0370. The van der Waals surface area contributed by atoms with Gasteiger partial charge >= 0.3 is 0 Å². The second kappa shape index (κ2) is 7.33. The van der Waals surface area contributed by atoms with Gasteiger partial charge in [-0.15, -0.1) is 0 Å². The number of aryl methyl sites for hydroxylation is 1. The third-order valence-electron chi connectivity index (χ3n) is 5.24. The van der Waals surface area contributed by atoms with Gasteiger partial charge in [-0.2, -0.15) is 0 Å². The predicted octanol–water partition coefficient (Wildman–Crippen LogP) is 7.88. The Kier molecular flexibility index (Phi) is 4.38. The van der Waals surface area contributed by atoms with Crippen molar-refractivity contribution in [3.63, 3.8) is 0 Å². The molecule has 0 spiro atoms. The van der Waals surface area contributed by atoms with E-state index in [1.807, 2.05) is 24.3 Å². The third-order valence-corrected chi connectivity index (χ3v) is 5.24. The molecule has 0 radical (unpaired) electrons. The second-order valence-corrected chi connectivity index (χ2v) is 7.11. The molecular weight excluding hydrogens is 354 g/mol. The van der Waals surface area contributed by atoms with Gasteiger partial charge in [-0.05, 0) is 49.4 Å². The Morgan fingerprint density at radius 3 is 1.83 bits per heavy atom. The van der Waals surface area contributed by atoms with Crippen LogP contribution in [0, 0.1) is 6.92 Å². The molecule has 0 saturated heterocycles. The normalized spacial score (nSPS) is 10.9. The lowest BCUT2D eigenvalue weighted by atomic mass is 10.1. The Hall–Kier alpha value is -3.78. The van der Waals surface area contributed by atoms with Crippen LogP contribution < -0.4 is 4.90 Å². The quantitative estimate of drug-likeness (QED) is 0.318. The second-order valence-electron chi connectivity index (χ2n) is 7.11. The van der Waals surface area contributed by atoms with Crippen molar-refractivity contribution in [2.24, 2.45) is 0 Å². The van der Waals surface area contributed by atoms with Crippen LogP contribution in [0.5, 0.6) is 0 Å². The molecule has 0 fully saturated rings. The number of anilines is 3. The molecule has 0 aliphatic heterocycles. The molecule has 1 aromatic heterocycles. The summed E-state index contributed by atoms with van der Waals surface area (Å²) in [6, 6.07) is 37.6.